The van der Waals surface area contributed by atoms with Gasteiger partial charge in [0.25, 0.3) is 0 Å². The summed E-state index contributed by atoms with van der Waals surface area (Å²) in [5, 5.41) is 1.12. The number of rotatable bonds is 6. The third-order valence-corrected chi connectivity index (χ3v) is 6.31. The van der Waals surface area contributed by atoms with Crippen molar-refractivity contribution in [3.63, 3.8) is 0 Å². The molecule has 3 rings (SSSR count). The molecule has 0 N–H and O–H groups in total. The molecule has 2 aliphatic rings. The summed E-state index contributed by atoms with van der Waals surface area (Å²) in [6.45, 7) is 0. The van der Waals surface area contributed by atoms with Gasteiger partial charge in [-0.05, 0) is 73.5 Å². The average Bonchev–Trinajstić information content (AvgIpc) is 3.09. The molecular formula is C18H25BrO. The maximum absolute atomic E-state index is 5.33. The molecule has 0 radical (unpaired) electrons. The summed E-state index contributed by atoms with van der Waals surface area (Å²) in [6.07, 6.45) is 8.63. The van der Waals surface area contributed by atoms with Crippen molar-refractivity contribution in [3.8, 4) is 5.75 Å². The van der Waals surface area contributed by atoms with E-state index in [0.29, 0.717) is 0 Å². The van der Waals surface area contributed by atoms with Gasteiger partial charge in [-0.2, -0.15) is 0 Å². The molecule has 2 saturated carbocycles. The highest BCUT2D eigenvalue weighted by Gasteiger charge is 2.39. The monoisotopic (exact) mass is 336 g/mol. The first-order chi connectivity index (χ1) is 9.78. The average molecular weight is 337 g/mol. The van der Waals surface area contributed by atoms with Gasteiger partial charge < -0.3 is 4.74 Å². The molecule has 2 aliphatic carbocycles. The van der Waals surface area contributed by atoms with Crippen LogP contribution in [-0.2, 0) is 6.42 Å². The molecule has 0 aromatic heterocycles. The van der Waals surface area contributed by atoms with Crippen molar-refractivity contribution in [2.24, 2.45) is 23.7 Å². The van der Waals surface area contributed by atoms with Crippen molar-refractivity contribution in [2.75, 3.05) is 12.4 Å². The van der Waals surface area contributed by atoms with E-state index in [1.165, 1.54) is 44.1 Å². The van der Waals surface area contributed by atoms with Gasteiger partial charge >= 0.3 is 0 Å². The lowest BCUT2D eigenvalue weighted by molar-refractivity contribution is 0.277. The number of hydrogen-bond donors (Lipinski definition) is 0. The van der Waals surface area contributed by atoms with Crippen LogP contribution < -0.4 is 4.74 Å². The minimum atomic E-state index is 0.770. The fourth-order valence-electron chi connectivity index (χ4n) is 4.43. The number of alkyl halides is 1. The summed E-state index contributed by atoms with van der Waals surface area (Å²) in [4.78, 5) is 0. The highest BCUT2D eigenvalue weighted by molar-refractivity contribution is 9.09. The van der Waals surface area contributed by atoms with Crippen LogP contribution in [0.15, 0.2) is 24.3 Å². The Morgan fingerprint density at radius 3 is 2.85 bits per heavy atom. The third kappa shape index (κ3) is 3.21. The minimum absolute atomic E-state index is 0.770. The Morgan fingerprint density at radius 1 is 1.30 bits per heavy atom. The van der Waals surface area contributed by atoms with Crippen molar-refractivity contribution in [1.29, 1.82) is 0 Å². The Hall–Kier alpha value is -0.500. The molecule has 2 heteroatoms. The summed E-state index contributed by atoms with van der Waals surface area (Å²) in [6, 6.07) is 8.56. The van der Waals surface area contributed by atoms with Crippen molar-refractivity contribution in [3.05, 3.63) is 29.8 Å². The molecule has 110 valence electrons. The summed E-state index contributed by atoms with van der Waals surface area (Å²) >= 11 is 3.74. The van der Waals surface area contributed by atoms with Gasteiger partial charge in [-0.1, -0.05) is 34.5 Å². The van der Waals surface area contributed by atoms with Gasteiger partial charge in [0.1, 0.15) is 5.75 Å². The van der Waals surface area contributed by atoms with E-state index in [4.69, 9.17) is 4.74 Å². The first-order valence-electron chi connectivity index (χ1n) is 7.97. The van der Waals surface area contributed by atoms with E-state index in [1.54, 1.807) is 7.11 Å². The molecule has 0 spiro atoms. The second-order valence-corrected chi connectivity index (χ2v) is 7.39. The van der Waals surface area contributed by atoms with E-state index < -0.39 is 0 Å². The number of ether oxygens (including phenoxy) is 1. The topological polar surface area (TPSA) is 9.23 Å². The highest BCUT2D eigenvalue weighted by atomic mass is 79.9. The van der Waals surface area contributed by atoms with Gasteiger partial charge in [0.15, 0.2) is 0 Å². The van der Waals surface area contributed by atoms with Gasteiger partial charge in [0, 0.05) is 5.33 Å². The maximum Gasteiger partial charge on any atom is 0.119 e. The summed E-state index contributed by atoms with van der Waals surface area (Å²) in [5.74, 6) is 4.87. The zero-order valence-electron chi connectivity index (χ0n) is 12.4. The van der Waals surface area contributed by atoms with Gasteiger partial charge in [-0.3, -0.25) is 0 Å². The van der Waals surface area contributed by atoms with Crippen LogP contribution in [0.25, 0.3) is 0 Å². The summed E-state index contributed by atoms with van der Waals surface area (Å²) in [7, 11) is 1.75. The summed E-state index contributed by atoms with van der Waals surface area (Å²) < 4.78 is 5.33. The lowest BCUT2D eigenvalue weighted by Crippen LogP contribution is -2.17. The smallest absolute Gasteiger partial charge is 0.119 e. The Kier molecular flexibility index (Phi) is 4.70. The molecule has 20 heavy (non-hydrogen) atoms. The first kappa shape index (κ1) is 14.4. The van der Waals surface area contributed by atoms with Crippen LogP contribution in [0.3, 0.4) is 0 Å². The van der Waals surface area contributed by atoms with E-state index in [1.807, 2.05) is 6.07 Å². The van der Waals surface area contributed by atoms with Gasteiger partial charge in [-0.25, -0.2) is 0 Å². The number of methoxy groups -OCH3 is 1. The zero-order valence-corrected chi connectivity index (χ0v) is 13.9. The number of halogens is 1. The molecule has 1 aromatic carbocycles. The van der Waals surface area contributed by atoms with Crippen molar-refractivity contribution < 1.29 is 4.74 Å². The maximum atomic E-state index is 5.33. The van der Waals surface area contributed by atoms with Gasteiger partial charge in [0.2, 0.25) is 0 Å². The Morgan fingerprint density at radius 2 is 2.20 bits per heavy atom. The Balaban J connectivity index is 1.59. The van der Waals surface area contributed by atoms with E-state index >= 15 is 0 Å². The molecule has 1 aromatic rings. The molecular weight excluding hydrogens is 312 g/mol. The molecule has 4 unspecified atom stereocenters. The number of hydrogen-bond acceptors (Lipinski definition) is 1. The molecule has 0 amide bonds. The molecule has 1 nitrogen and oxygen atoms in total. The normalized spacial score (nSPS) is 29.6. The SMILES string of the molecule is COc1cccc(CC(CBr)CC2CC3CCC2C3)c1. The molecule has 2 bridgehead atoms. The fourth-order valence-corrected chi connectivity index (χ4v) is 4.92. The van der Waals surface area contributed by atoms with Crippen LogP contribution >= 0.6 is 15.9 Å². The third-order valence-electron chi connectivity index (χ3n) is 5.40. The lowest BCUT2D eigenvalue weighted by Gasteiger charge is -2.26. The van der Waals surface area contributed by atoms with Crippen molar-refractivity contribution >= 4 is 15.9 Å². The highest BCUT2D eigenvalue weighted by Crippen LogP contribution is 2.50. The molecule has 0 heterocycles. The van der Waals surface area contributed by atoms with E-state index in [0.717, 1.165) is 34.8 Å². The van der Waals surface area contributed by atoms with Gasteiger partial charge in [0.05, 0.1) is 7.11 Å². The van der Waals surface area contributed by atoms with Crippen molar-refractivity contribution in [1.82, 2.24) is 0 Å². The molecule has 2 fully saturated rings. The van der Waals surface area contributed by atoms with Crippen LogP contribution in [0.5, 0.6) is 5.75 Å². The Labute approximate surface area is 131 Å². The first-order valence-corrected chi connectivity index (χ1v) is 9.09. The van der Waals surface area contributed by atoms with Crippen LogP contribution in [0.2, 0.25) is 0 Å². The second-order valence-electron chi connectivity index (χ2n) is 6.75. The predicted octanol–water partition coefficient (Wildman–Crippen LogP) is 5.08. The molecule has 0 saturated heterocycles. The van der Waals surface area contributed by atoms with Crippen LogP contribution in [-0.4, -0.2) is 12.4 Å². The number of benzene rings is 1. The van der Waals surface area contributed by atoms with Crippen LogP contribution in [0.4, 0.5) is 0 Å². The quantitative estimate of drug-likeness (QED) is 0.658. The van der Waals surface area contributed by atoms with Crippen LogP contribution in [0, 0.1) is 23.7 Å². The van der Waals surface area contributed by atoms with Crippen molar-refractivity contribution in [2.45, 2.75) is 38.5 Å². The Bertz CT molecular complexity index is 445. The second kappa shape index (κ2) is 6.51. The fraction of sp³-hybridized carbons (Fsp3) is 0.667. The predicted molar refractivity (Wildman–Crippen MR) is 87.5 cm³/mol. The van der Waals surface area contributed by atoms with E-state index in [9.17, 15) is 0 Å². The largest absolute Gasteiger partial charge is 0.497 e. The van der Waals surface area contributed by atoms with E-state index in [-0.39, 0.29) is 0 Å². The van der Waals surface area contributed by atoms with Crippen LogP contribution in [0.1, 0.15) is 37.7 Å². The molecule has 0 aliphatic heterocycles. The zero-order chi connectivity index (χ0) is 13.9. The van der Waals surface area contributed by atoms with Gasteiger partial charge in [-0.15, -0.1) is 0 Å². The van der Waals surface area contributed by atoms with E-state index in [2.05, 4.69) is 34.1 Å². The summed E-state index contributed by atoms with van der Waals surface area (Å²) in [5.41, 5.74) is 1.41. The minimum Gasteiger partial charge on any atom is -0.497 e. The standard InChI is InChI=1S/C18H25BrO/c1-20-18-4-2-3-13(11-18)7-15(12-19)10-17-9-14-5-6-16(17)8-14/h2-4,11,14-17H,5-10,12H2,1H3. The number of fused-ring (bicyclic) bond motifs is 2. The lowest BCUT2D eigenvalue weighted by atomic mass is 9.81. The molecule has 4 atom stereocenters.